The molecule has 0 aliphatic carbocycles. The number of esters is 1. The van der Waals surface area contributed by atoms with Crippen LogP contribution in [0.5, 0.6) is 0 Å². The van der Waals surface area contributed by atoms with E-state index in [9.17, 15) is 9.59 Å². The van der Waals surface area contributed by atoms with Crippen molar-refractivity contribution in [3.8, 4) is 0 Å². The molecule has 0 unspecified atom stereocenters. The van der Waals surface area contributed by atoms with Gasteiger partial charge in [-0.15, -0.1) is 0 Å². The maximum absolute atomic E-state index is 11.9. The zero-order valence-electron chi connectivity index (χ0n) is 28.4. The van der Waals surface area contributed by atoms with Crippen molar-refractivity contribution in [2.75, 3.05) is 6.61 Å². The summed E-state index contributed by atoms with van der Waals surface area (Å²) in [7, 11) is 0. The molecule has 0 spiro atoms. The molecular formula is C38H74O4. The first-order valence-corrected chi connectivity index (χ1v) is 19.0. The summed E-state index contributed by atoms with van der Waals surface area (Å²) in [6.45, 7) is 2.89. The van der Waals surface area contributed by atoms with Crippen molar-refractivity contribution in [3.05, 3.63) is 0 Å². The van der Waals surface area contributed by atoms with Crippen molar-refractivity contribution < 1.29 is 19.4 Å². The van der Waals surface area contributed by atoms with E-state index in [2.05, 4.69) is 6.92 Å². The molecule has 0 aromatic heterocycles. The van der Waals surface area contributed by atoms with E-state index in [1.54, 1.807) is 0 Å². The lowest BCUT2D eigenvalue weighted by Crippen LogP contribution is -2.05. The number of carbonyl (C=O) groups is 2. The van der Waals surface area contributed by atoms with Crippen LogP contribution in [-0.2, 0) is 14.3 Å². The minimum atomic E-state index is -0.658. The number of carbonyl (C=O) groups excluding carboxylic acids is 1. The SMILES string of the molecule is CCCCCCCCCCCCCC(=O)OCCCCCCCCCCCCCCCCCCCCCCCC(=O)O. The Labute approximate surface area is 262 Å². The Kier molecular flexibility index (Phi) is 35.2. The zero-order valence-corrected chi connectivity index (χ0v) is 28.4. The van der Waals surface area contributed by atoms with Gasteiger partial charge in [0.15, 0.2) is 0 Å². The third-order valence-corrected chi connectivity index (χ3v) is 8.78. The minimum absolute atomic E-state index is 0.0145. The van der Waals surface area contributed by atoms with Crippen LogP contribution in [0.15, 0.2) is 0 Å². The lowest BCUT2D eigenvalue weighted by atomic mass is 10.0. The second-order valence-electron chi connectivity index (χ2n) is 13.1. The molecule has 0 aromatic rings. The van der Waals surface area contributed by atoms with Crippen molar-refractivity contribution in [1.82, 2.24) is 0 Å². The normalized spacial score (nSPS) is 11.3. The lowest BCUT2D eigenvalue weighted by Gasteiger charge is -2.06. The van der Waals surface area contributed by atoms with Gasteiger partial charge in [-0.25, -0.2) is 0 Å². The minimum Gasteiger partial charge on any atom is -0.481 e. The predicted octanol–water partition coefficient (Wildman–Crippen LogP) is 12.9. The van der Waals surface area contributed by atoms with Crippen molar-refractivity contribution in [2.24, 2.45) is 0 Å². The van der Waals surface area contributed by atoms with Crippen LogP contribution < -0.4 is 0 Å². The molecule has 0 aliphatic heterocycles. The Morgan fingerprint density at radius 2 is 0.643 bits per heavy atom. The van der Waals surface area contributed by atoms with Crippen LogP contribution in [0.25, 0.3) is 0 Å². The van der Waals surface area contributed by atoms with Crippen LogP contribution in [-0.4, -0.2) is 23.7 Å². The van der Waals surface area contributed by atoms with Gasteiger partial charge in [-0.1, -0.05) is 193 Å². The first-order chi connectivity index (χ1) is 20.7. The van der Waals surface area contributed by atoms with Gasteiger partial charge in [0, 0.05) is 12.8 Å². The van der Waals surface area contributed by atoms with Gasteiger partial charge in [-0.05, 0) is 19.3 Å². The first kappa shape index (κ1) is 40.9. The van der Waals surface area contributed by atoms with Crippen molar-refractivity contribution in [1.29, 1.82) is 0 Å². The molecular weight excluding hydrogens is 520 g/mol. The molecule has 0 aliphatic rings. The Bertz CT molecular complexity index is 547. The average molecular weight is 595 g/mol. The largest absolute Gasteiger partial charge is 0.481 e. The molecule has 42 heavy (non-hydrogen) atoms. The van der Waals surface area contributed by atoms with Gasteiger partial charge < -0.3 is 9.84 Å². The highest BCUT2D eigenvalue weighted by atomic mass is 16.5. The highest BCUT2D eigenvalue weighted by Gasteiger charge is 2.03. The topological polar surface area (TPSA) is 63.6 Å². The summed E-state index contributed by atoms with van der Waals surface area (Å²) in [6, 6.07) is 0. The number of rotatable bonds is 36. The molecule has 0 saturated carbocycles. The highest BCUT2D eigenvalue weighted by molar-refractivity contribution is 5.69. The van der Waals surface area contributed by atoms with Crippen molar-refractivity contribution >= 4 is 11.9 Å². The van der Waals surface area contributed by atoms with E-state index < -0.39 is 5.97 Å². The molecule has 0 atom stereocenters. The average Bonchev–Trinajstić information content (AvgIpc) is 2.98. The van der Waals surface area contributed by atoms with E-state index in [1.807, 2.05) is 0 Å². The quantitative estimate of drug-likeness (QED) is 0.0579. The van der Waals surface area contributed by atoms with Gasteiger partial charge in [0.05, 0.1) is 6.61 Å². The van der Waals surface area contributed by atoms with Gasteiger partial charge in [-0.3, -0.25) is 9.59 Å². The Hall–Kier alpha value is -1.06. The zero-order chi connectivity index (χ0) is 30.6. The van der Waals surface area contributed by atoms with Crippen LogP contribution in [0.1, 0.15) is 225 Å². The molecule has 0 radical (unpaired) electrons. The third kappa shape index (κ3) is 37.0. The second kappa shape index (κ2) is 36.1. The summed E-state index contributed by atoms with van der Waals surface area (Å²) in [5, 5.41) is 8.63. The summed E-state index contributed by atoms with van der Waals surface area (Å²) in [5.41, 5.74) is 0. The number of hydrogen-bond donors (Lipinski definition) is 1. The number of carboxylic acids is 1. The number of ether oxygens (including phenoxy) is 1. The van der Waals surface area contributed by atoms with E-state index in [0.29, 0.717) is 19.4 Å². The van der Waals surface area contributed by atoms with Crippen LogP contribution in [0.3, 0.4) is 0 Å². The smallest absolute Gasteiger partial charge is 0.305 e. The molecule has 0 saturated heterocycles. The van der Waals surface area contributed by atoms with E-state index in [1.165, 1.54) is 180 Å². The van der Waals surface area contributed by atoms with Crippen LogP contribution in [0, 0.1) is 0 Å². The molecule has 0 fully saturated rings. The summed E-state index contributed by atoms with van der Waals surface area (Å²) >= 11 is 0. The number of carboxylic acid groups (broad SMARTS) is 1. The molecule has 0 aromatic carbocycles. The van der Waals surface area contributed by atoms with Crippen LogP contribution >= 0.6 is 0 Å². The first-order valence-electron chi connectivity index (χ1n) is 19.0. The maximum atomic E-state index is 11.9. The van der Waals surface area contributed by atoms with Crippen molar-refractivity contribution in [3.63, 3.8) is 0 Å². The Morgan fingerprint density at radius 1 is 0.381 bits per heavy atom. The molecule has 0 amide bonds. The fraction of sp³-hybridized carbons (Fsp3) is 0.947. The summed E-state index contributed by atoms with van der Waals surface area (Å²) in [4.78, 5) is 22.4. The van der Waals surface area contributed by atoms with Gasteiger partial charge >= 0.3 is 11.9 Å². The molecule has 0 bridgehead atoms. The molecule has 4 nitrogen and oxygen atoms in total. The van der Waals surface area contributed by atoms with Crippen molar-refractivity contribution in [2.45, 2.75) is 225 Å². The third-order valence-electron chi connectivity index (χ3n) is 8.78. The molecule has 0 heterocycles. The highest BCUT2D eigenvalue weighted by Crippen LogP contribution is 2.16. The molecule has 0 rings (SSSR count). The molecule has 4 heteroatoms. The number of unbranched alkanes of at least 4 members (excludes halogenated alkanes) is 30. The number of aliphatic carboxylic acids is 1. The molecule has 250 valence electrons. The Balaban J connectivity index is 3.13. The van der Waals surface area contributed by atoms with E-state index in [0.717, 1.165) is 25.7 Å². The monoisotopic (exact) mass is 595 g/mol. The standard InChI is InChI=1S/C38H74O4/c1-2-3-4-5-6-7-19-23-26-29-32-35-38(41)42-36-33-30-27-24-21-18-16-14-12-10-8-9-11-13-15-17-20-22-25-28-31-34-37(39)40/h2-36H2,1H3,(H,39,40). The summed E-state index contributed by atoms with van der Waals surface area (Å²) in [5.74, 6) is -0.643. The summed E-state index contributed by atoms with van der Waals surface area (Å²) < 4.78 is 5.43. The molecule has 1 N–H and O–H groups in total. The summed E-state index contributed by atoms with van der Waals surface area (Å²) in [6.07, 6.45) is 42.6. The maximum Gasteiger partial charge on any atom is 0.305 e. The van der Waals surface area contributed by atoms with Gasteiger partial charge in [0.1, 0.15) is 0 Å². The van der Waals surface area contributed by atoms with E-state index in [-0.39, 0.29) is 5.97 Å². The Morgan fingerprint density at radius 3 is 0.952 bits per heavy atom. The van der Waals surface area contributed by atoms with Gasteiger partial charge in [-0.2, -0.15) is 0 Å². The van der Waals surface area contributed by atoms with Crippen LogP contribution in [0.4, 0.5) is 0 Å². The van der Waals surface area contributed by atoms with Gasteiger partial charge in [0.25, 0.3) is 0 Å². The van der Waals surface area contributed by atoms with E-state index in [4.69, 9.17) is 9.84 Å². The van der Waals surface area contributed by atoms with Crippen LogP contribution in [0.2, 0.25) is 0 Å². The fourth-order valence-electron chi connectivity index (χ4n) is 5.93. The van der Waals surface area contributed by atoms with Gasteiger partial charge in [0.2, 0.25) is 0 Å². The fourth-order valence-corrected chi connectivity index (χ4v) is 5.93. The predicted molar refractivity (Wildman–Crippen MR) is 181 cm³/mol. The van der Waals surface area contributed by atoms with E-state index >= 15 is 0 Å². The number of hydrogen-bond acceptors (Lipinski definition) is 3. The lowest BCUT2D eigenvalue weighted by molar-refractivity contribution is -0.144. The second-order valence-corrected chi connectivity index (χ2v) is 13.1.